The van der Waals surface area contributed by atoms with Crippen LogP contribution in [0.25, 0.3) is 10.6 Å². The molecule has 1 amide bonds. The molecule has 31 heavy (non-hydrogen) atoms. The van der Waals surface area contributed by atoms with Crippen molar-refractivity contribution in [3.63, 3.8) is 0 Å². The summed E-state index contributed by atoms with van der Waals surface area (Å²) in [5.74, 6) is -2.08. The van der Waals surface area contributed by atoms with Crippen molar-refractivity contribution in [2.75, 3.05) is 11.9 Å². The Balaban J connectivity index is 1.55. The second-order valence-electron chi connectivity index (χ2n) is 7.23. The lowest BCUT2D eigenvalue weighted by molar-refractivity contribution is 0.0247. The van der Waals surface area contributed by atoms with Crippen molar-refractivity contribution in [3.05, 3.63) is 52.8 Å². The SMILES string of the molecule is Cn1ncc(NC(=O)c2csc(-c3c(F)cccc3F)n2)c1[C@H]1CC[C@H](N)[C@@H](F)CO1. The average Bonchev–Trinajstić information content (AvgIpc) is 3.31. The number of nitrogens with zero attached hydrogens (tertiary/aromatic N) is 3. The number of rotatable bonds is 4. The van der Waals surface area contributed by atoms with Gasteiger partial charge in [0.25, 0.3) is 5.91 Å². The zero-order valence-electron chi connectivity index (χ0n) is 16.5. The molecule has 3 N–H and O–H groups in total. The molecule has 3 heterocycles. The van der Waals surface area contributed by atoms with E-state index in [9.17, 15) is 18.0 Å². The first-order chi connectivity index (χ1) is 14.8. The van der Waals surface area contributed by atoms with E-state index >= 15 is 0 Å². The summed E-state index contributed by atoms with van der Waals surface area (Å²) in [7, 11) is 1.69. The highest BCUT2D eigenvalue weighted by Gasteiger charge is 2.30. The Morgan fingerprint density at radius 1 is 1.32 bits per heavy atom. The summed E-state index contributed by atoms with van der Waals surface area (Å²) in [6.07, 6.45) is 0.598. The van der Waals surface area contributed by atoms with Crippen LogP contribution in [0.1, 0.15) is 35.1 Å². The monoisotopic (exact) mass is 451 g/mol. The Kier molecular flexibility index (Phi) is 6.08. The molecule has 164 valence electrons. The molecule has 0 unspecified atom stereocenters. The number of nitrogens with one attached hydrogen (secondary N) is 1. The maximum Gasteiger partial charge on any atom is 0.275 e. The lowest BCUT2D eigenvalue weighted by Crippen LogP contribution is -2.32. The van der Waals surface area contributed by atoms with Crippen LogP contribution < -0.4 is 11.1 Å². The molecule has 1 saturated heterocycles. The minimum atomic E-state index is -1.26. The van der Waals surface area contributed by atoms with Crippen molar-refractivity contribution in [2.24, 2.45) is 12.8 Å². The van der Waals surface area contributed by atoms with Gasteiger partial charge in [-0.05, 0) is 25.0 Å². The van der Waals surface area contributed by atoms with E-state index in [2.05, 4.69) is 15.4 Å². The molecule has 0 radical (unpaired) electrons. The fourth-order valence-corrected chi connectivity index (χ4v) is 4.31. The fraction of sp³-hybridized carbons (Fsp3) is 0.350. The highest BCUT2D eigenvalue weighted by molar-refractivity contribution is 7.13. The lowest BCUT2D eigenvalue weighted by atomic mass is 10.0. The number of halogens is 3. The number of alkyl halides is 1. The molecular weight excluding hydrogens is 431 g/mol. The van der Waals surface area contributed by atoms with Crippen molar-refractivity contribution >= 4 is 22.9 Å². The van der Waals surface area contributed by atoms with E-state index in [1.165, 1.54) is 17.6 Å². The van der Waals surface area contributed by atoms with Crippen LogP contribution in [0, 0.1) is 11.6 Å². The highest BCUT2D eigenvalue weighted by Crippen LogP contribution is 2.33. The number of carbonyl (C=O) groups excluding carboxylic acids is 1. The first-order valence-electron chi connectivity index (χ1n) is 9.59. The van der Waals surface area contributed by atoms with E-state index in [4.69, 9.17) is 10.5 Å². The zero-order valence-corrected chi connectivity index (χ0v) is 17.3. The number of anilines is 1. The van der Waals surface area contributed by atoms with Crippen LogP contribution in [-0.4, -0.2) is 39.5 Å². The fourth-order valence-electron chi connectivity index (χ4n) is 3.46. The number of benzene rings is 1. The number of thiazole rings is 1. The molecule has 1 aliphatic heterocycles. The third-order valence-corrected chi connectivity index (χ3v) is 5.99. The number of aromatic nitrogens is 3. The third-order valence-electron chi connectivity index (χ3n) is 5.13. The molecule has 1 aliphatic rings. The summed E-state index contributed by atoms with van der Waals surface area (Å²) in [6, 6.07) is 2.90. The largest absolute Gasteiger partial charge is 0.369 e. The molecule has 3 aromatic rings. The summed E-state index contributed by atoms with van der Waals surface area (Å²) in [5.41, 5.74) is 6.47. The molecule has 2 aromatic heterocycles. The molecule has 1 fully saturated rings. The standard InChI is InChI=1S/C20H20F3N5O2S/c1-28-18(16-6-5-13(24)12(23)8-30-16)14(7-25-28)26-19(29)15-9-31-20(27-15)17-10(21)3-2-4-11(17)22/h2-4,7,9,12-13,16H,5-6,8,24H2,1H3,(H,26,29)/t12-,13-,16+/m0/s1. The molecule has 0 aliphatic carbocycles. The van der Waals surface area contributed by atoms with Crippen LogP contribution in [0.3, 0.4) is 0 Å². The van der Waals surface area contributed by atoms with Gasteiger partial charge in [0, 0.05) is 18.5 Å². The minimum Gasteiger partial charge on any atom is -0.369 e. The van der Waals surface area contributed by atoms with E-state index in [1.54, 1.807) is 11.7 Å². The van der Waals surface area contributed by atoms with Gasteiger partial charge in [-0.1, -0.05) is 6.07 Å². The summed E-state index contributed by atoms with van der Waals surface area (Å²) >= 11 is 0.958. The van der Waals surface area contributed by atoms with E-state index in [0.717, 1.165) is 23.5 Å². The van der Waals surface area contributed by atoms with Gasteiger partial charge in [0.05, 0.1) is 29.7 Å². The third kappa shape index (κ3) is 4.34. The smallest absolute Gasteiger partial charge is 0.275 e. The number of carbonyl (C=O) groups is 1. The number of ether oxygens (including phenoxy) is 1. The zero-order chi connectivity index (χ0) is 22.1. The van der Waals surface area contributed by atoms with Gasteiger partial charge < -0.3 is 15.8 Å². The van der Waals surface area contributed by atoms with Crippen LogP contribution in [0.5, 0.6) is 0 Å². The molecule has 0 spiro atoms. The predicted molar refractivity (Wildman–Crippen MR) is 109 cm³/mol. The van der Waals surface area contributed by atoms with Crippen LogP contribution in [0.2, 0.25) is 0 Å². The number of nitrogens with two attached hydrogens (primary N) is 1. The van der Waals surface area contributed by atoms with Gasteiger partial charge in [-0.2, -0.15) is 5.10 Å². The van der Waals surface area contributed by atoms with Gasteiger partial charge in [-0.25, -0.2) is 18.2 Å². The molecule has 0 bridgehead atoms. The van der Waals surface area contributed by atoms with Gasteiger partial charge in [-0.3, -0.25) is 9.48 Å². The quantitative estimate of drug-likeness (QED) is 0.632. The molecule has 1 aromatic carbocycles. The Morgan fingerprint density at radius 3 is 2.81 bits per heavy atom. The van der Waals surface area contributed by atoms with E-state index in [-0.39, 0.29) is 22.9 Å². The van der Waals surface area contributed by atoms with E-state index < -0.39 is 35.9 Å². The Hall–Kier alpha value is -2.76. The summed E-state index contributed by atoms with van der Waals surface area (Å²) < 4.78 is 49.1. The van der Waals surface area contributed by atoms with E-state index in [0.29, 0.717) is 24.2 Å². The van der Waals surface area contributed by atoms with Crippen molar-refractivity contribution in [1.29, 1.82) is 0 Å². The van der Waals surface area contributed by atoms with Crippen molar-refractivity contribution in [2.45, 2.75) is 31.2 Å². The summed E-state index contributed by atoms with van der Waals surface area (Å²) in [6.45, 7) is -0.145. The number of hydrogen-bond donors (Lipinski definition) is 2. The number of aryl methyl sites for hydroxylation is 1. The maximum atomic E-state index is 14.0. The Bertz CT molecular complexity index is 1070. The molecule has 0 saturated carbocycles. The molecule has 4 rings (SSSR count). The second-order valence-corrected chi connectivity index (χ2v) is 8.09. The summed E-state index contributed by atoms with van der Waals surface area (Å²) in [5, 5.41) is 8.35. The Morgan fingerprint density at radius 2 is 2.06 bits per heavy atom. The van der Waals surface area contributed by atoms with Crippen LogP contribution in [-0.2, 0) is 11.8 Å². The Labute approximate surface area is 180 Å². The average molecular weight is 451 g/mol. The van der Waals surface area contributed by atoms with E-state index in [1.807, 2.05) is 0 Å². The van der Waals surface area contributed by atoms with Gasteiger partial charge in [-0.15, -0.1) is 11.3 Å². The topological polar surface area (TPSA) is 95.1 Å². The van der Waals surface area contributed by atoms with Gasteiger partial charge in [0.2, 0.25) is 0 Å². The molecular formula is C20H20F3N5O2S. The normalized spacial score (nSPS) is 21.6. The van der Waals surface area contributed by atoms with Crippen LogP contribution in [0.4, 0.5) is 18.9 Å². The van der Waals surface area contributed by atoms with Gasteiger partial charge in [0.1, 0.15) is 34.6 Å². The predicted octanol–water partition coefficient (Wildman–Crippen LogP) is 3.59. The van der Waals surface area contributed by atoms with Crippen molar-refractivity contribution in [1.82, 2.24) is 14.8 Å². The molecule has 7 nitrogen and oxygen atoms in total. The summed E-state index contributed by atoms with van der Waals surface area (Å²) in [4.78, 5) is 16.8. The van der Waals surface area contributed by atoms with Crippen LogP contribution in [0.15, 0.2) is 29.8 Å². The van der Waals surface area contributed by atoms with Crippen LogP contribution >= 0.6 is 11.3 Å². The number of amides is 1. The molecule has 3 atom stereocenters. The van der Waals surface area contributed by atoms with Gasteiger partial charge in [0.15, 0.2) is 0 Å². The first kappa shape index (κ1) is 21.5. The first-order valence-corrected chi connectivity index (χ1v) is 10.5. The lowest BCUT2D eigenvalue weighted by Gasteiger charge is -2.17. The van der Waals surface area contributed by atoms with Gasteiger partial charge >= 0.3 is 0 Å². The van der Waals surface area contributed by atoms with Crippen molar-refractivity contribution in [3.8, 4) is 10.6 Å². The second kappa shape index (κ2) is 8.77. The minimum absolute atomic E-state index is 0.00471. The highest BCUT2D eigenvalue weighted by atomic mass is 32.1. The number of hydrogen-bond acceptors (Lipinski definition) is 6. The van der Waals surface area contributed by atoms with Crippen molar-refractivity contribution < 1.29 is 22.7 Å². The maximum absolute atomic E-state index is 14.0. The molecule has 11 heteroatoms.